The van der Waals surface area contributed by atoms with Crippen LogP contribution in [0.25, 0.3) is 0 Å². The number of amides is 1. The van der Waals surface area contributed by atoms with E-state index in [4.69, 9.17) is 14.2 Å². The summed E-state index contributed by atoms with van der Waals surface area (Å²) in [6, 6.07) is 5.95. The third kappa shape index (κ3) is 5.60. The smallest absolute Gasteiger partial charge is 0.410 e. The molecule has 1 N–H and O–H groups in total. The van der Waals surface area contributed by atoms with Gasteiger partial charge in [-0.3, -0.25) is 0 Å². The van der Waals surface area contributed by atoms with Gasteiger partial charge in [-0.15, -0.1) is 0 Å². The second-order valence-electron chi connectivity index (χ2n) is 6.78. The number of carbonyl (C=O) groups is 1. The van der Waals surface area contributed by atoms with Gasteiger partial charge >= 0.3 is 6.09 Å². The van der Waals surface area contributed by atoms with Gasteiger partial charge in [-0.25, -0.2) is 4.79 Å². The molecule has 2 rings (SSSR count). The Morgan fingerprint density at radius 2 is 2.04 bits per heavy atom. The minimum atomic E-state index is -0.456. The molecule has 134 valence electrons. The zero-order valence-corrected chi connectivity index (χ0v) is 15.1. The minimum Gasteiger partial charge on any atom is -0.454 e. The number of ether oxygens (including phenoxy) is 3. The van der Waals surface area contributed by atoms with Crippen LogP contribution in [-0.2, 0) is 11.3 Å². The average molecular weight is 336 g/mol. The van der Waals surface area contributed by atoms with Crippen LogP contribution >= 0.6 is 0 Å². The van der Waals surface area contributed by atoms with Crippen LogP contribution in [0.2, 0.25) is 0 Å². The van der Waals surface area contributed by atoms with Crippen molar-refractivity contribution in [1.29, 1.82) is 0 Å². The Balaban J connectivity index is 1.67. The molecule has 0 bridgehead atoms. The molecule has 6 heteroatoms. The summed E-state index contributed by atoms with van der Waals surface area (Å²) >= 11 is 0. The van der Waals surface area contributed by atoms with Crippen molar-refractivity contribution in [1.82, 2.24) is 10.2 Å². The van der Waals surface area contributed by atoms with Crippen molar-refractivity contribution in [2.45, 2.75) is 46.3 Å². The van der Waals surface area contributed by atoms with Crippen LogP contribution in [0.3, 0.4) is 0 Å². The molecule has 24 heavy (non-hydrogen) atoms. The van der Waals surface area contributed by atoms with Gasteiger partial charge < -0.3 is 24.4 Å². The fourth-order valence-corrected chi connectivity index (χ4v) is 2.38. The van der Waals surface area contributed by atoms with Crippen LogP contribution < -0.4 is 14.8 Å². The van der Waals surface area contributed by atoms with Gasteiger partial charge in [0.25, 0.3) is 0 Å². The van der Waals surface area contributed by atoms with Crippen molar-refractivity contribution in [3.8, 4) is 11.5 Å². The molecule has 0 spiro atoms. The van der Waals surface area contributed by atoms with E-state index in [-0.39, 0.29) is 6.09 Å². The Morgan fingerprint density at radius 1 is 1.29 bits per heavy atom. The Labute approximate surface area is 144 Å². The normalized spacial score (nSPS) is 13.0. The second kappa shape index (κ2) is 8.24. The lowest BCUT2D eigenvalue weighted by atomic mass is 10.2. The summed E-state index contributed by atoms with van der Waals surface area (Å²) in [5.41, 5.74) is 0.695. The van der Waals surface area contributed by atoms with Crippen LogP contribution in [0.5, 0.6) is 11.5 Å². The van der Waals surface area contributed by atoms with Crippen LogP contribution in [0.15, 0.2) is 18.2 Å². The van der Waals surface area contributed by atoms with E-state index in [1.807, 2.05) is 45.9 Å². The molecule has 0 saturated carbocycles. The highest BCUT2D eigenvalue weighted by molar-refractivity contribution is 5.68. The molecule has 1 aromatic rings. The summed E-state index contributed by atoms with van der Waals surface area (Å²) in [5, 5.41) is 3.38. The average Bonchev–Trinajstić information content (AvgIpc) is 2.96. The molecule has 0 fully saturated rings. The highest BCUT2D eigenvalue weighted by atomic mass is 16.7. The third-order valence-corrected chi connectivity index (χ3v) is 3.58. The lowest BCUT2D eigenvalue weighted by Gasteiger charge is -2.26. The lowest BCUT2D eigenvalue weighted by molar-refractivity contribution is 0.0258. The van der Waals surface area contributed by atoms with Crippen LogP contribution in [0.4, 0.5) is 4.79 Å². The first kappa shape index (κ1) is 18.4. The fourth-order valence-electron chi connectivity index (χ4n) is 2.38. The molecule has 1 amide bonds. The molecule has 1 aromatic carbocycles. The number of nitrogens with zero attached hydrogens (tertiary/aromatic N) is 1. The first-order chi connectivity index (χ1) is 11.4. The molecule has 1 heterocycles. The largest absolute Gasteiger partial charge is 0.454 e. The van der Waals surface area contributed by atoms with E-state index in [1.165, 1.54) is 0 Å². The summed E-state index contributed by atoms with van der Waals surface area (Å²) in [7, 11) is 0. The Hall–Kier alpha value is -1.95. The van der Waals surface area contributed by atoms with E-state index in [2.05, 4.69) is 5.32 Å². The summed E-state index contributed by atoms with van der Waals surface area (Å²) in [4.78, 5) is 13.8. The quantitative estimate of drug-likeness (QED) is 0.775. The monoisotopic (exact) mass is 336 g/mol. The van der Waals surface area contributed by atoms with E-state index < -0.39 is 5.60 Å². The zero-order chi connectivity index (χ0) is 17.6. The molecule has 0 saturated heterocycles. The topological polar surface area (TPSA) is 60.0 Å². The highest BCUT2D eigenvalue weighted by Gasteiger charge is 2.20. The molecule has 0 aromatic heterocycles. The SMILES string of the molecule is CCN(CCCNCc1ccc2c(c1)OCO2)C(=O)OC(C)(C)C. The molecule has 0 radical (unpaired) electrons. The summed E-state index contributed by atoms with van der Waals surface area (Å²) in [6.07, 6.45) is 0.623. The number of carbonyl (C=O) groups excluding carboxylic acids is 1. The highest BCUT2D eigenvalue weighted by Crippen LogP contribution is 2.32. The molecule has 1 aliphatic heterocycles. The zero-order valence-electron chi connectivity index (χ0n) is 15.1. The van der Waals surface area contributed by atoms with E-state index in [0.29, 0.717) is 19.9 Å². The Morgan fingerprint density at radius 3 is 2.75 bits per heavy atom. The molecule has 0 aliphatic carbocycles. The number of fused-ring (bicyclic) bond motifs is 1. The Bertz CT molecular complexity index is 554. The van der Waals surface area contributed by atoms with Gasteiger partial charge in [0.05, 0.1) is 0 Å². The first-order valence-corrected chi connectivity index (χ1v) is 8.46. The van der Waals surface area contributed by atoms with Crippen molar-refractivity contribution < 1.29 is 19.0 Å². The fraction of sp³-hybridized carbons (Fsp3) is 0.611. The molecule has 1 aliphatic rings. The van der Waals surface area contributed by atoms with E-state index in [0.717, 1.165) is 36.6 Å². The van der Waals surface area contributed by atoms with Gasteiger partial charge in [-0.1, -0.05) is 6.07 Å². The van der Waals surface area contributed by atoms with Gasteiger partial charge in [0.15, 0.2) is 11.5 Å². The standard InChI is InChI=1S/C18H28N2O4/c1-5-20(17(21)24-18(2,3)4)10-6-9-19-12-14-7-8-15-16(11-14)23-13-22-15/h7-8,11,19H,5-6,9-10,12-13H2,1-4H3. The van der Waals surface area contributed by atoms with Gasteiger partial charge in [0.1, 0.15) is 5.60 Å². The number of hydrogen-bond donors (Lipinski definition) is 1. The van der Waals surface area contributed by atoms with Gasteiger partial charge in [0, 0.05) is 19.6 Å². The summed E-state index contributed by atoms with van der Waals surface area (Å²) in [6.45, 7) is 10.8. The predicted octanol–water partition coefficient (Wildman–Crippen LogP) is 3.15. The van der Waals surface area contributed by atoms with Crippen molar-refractivity contribution in [2.24, 2.45) is 0 Å². The molecule has 0 atom stereocenters. The number of hydrogen-bond acceptors (Lipinski definition) is 5. The van der Waals surface area contributed by atoms with Gasteiger partial charge in [0.2, 0.25) is 6.79 Å². The lowest BCUT2D eigenvalue weighted by Crippen LogP contribution is -2.38. The van der Waals surface area contributed by atoms with E-state index in [1.54, 1.807) is 4.90 Å². The second-order valence-corrected chi connectivity index (χ2v) is 6.78. The molecule has 6 nitrogen and oxygen atoms in total. The maximum atomic E-state index is 12.0. The van der Waals surface area contributed by atoms with Gasteiger partial charge in [-0.2, -0.15) is 0 Å². The number of nitrogens with one attached hydrogen (secondary N) is 1. The molecular weight excluding hydrogens is 308 g/mol. The maximum Gasteiger partial charge on any atom is 0.410 e. The summed E-state index contributed by atoms with van der Waals surface area (Å²) in [5.74, 6) is 1.60. The minimum absolute atomic E-state index is 0.249. The number of benzene rings is 1. The van der Waals surface area contributed by atoms with Crippen LogP contribution in [0, 0.1) is 0 Å². The van der Waals surface area contributed by atoms with Crippen LogP contribution in [0.1, 0.15) is 39.7 Å². The van der Waals surface area contributed by atoms with E-state index >= 15 is 0 Å². The van der Waals surface area contributed by atoms with Gasteiger partial charge in [-0.05, 0) is 58.4 Å². The van der Waals surface area contributed by atoms with Crippen molar-refractivity contribution in [2.75, 3.05) is 26.4 Å². The Kier molecular flexibility index (Phi) is 6.31. The number of rotatable bonds is 7. The third-order valence-electron chi connectivity index (χ3n) is 3.58. The molecule has 0 unspecified atom stereocenters. The van der Waals surface area contributed by atoms with E-state index in [9.17, 15) is 4.79 Å². The summed E-state index contributed by atoms with van der Waals surface area (Å²) < 4.78 is 16.1. The predicted molar refractivity (Wildman–Crippen MR) is 92.4 cm³/mol. The molecular formula is C18H28N2O4. The van der Waals surface area contributed by atoms with Crippen molar-refractivity contribution in [3.05, 3.63) is 23.8 Å². The first-order valence-electron chi connectivity index (χ1n) is 8.46. The van der Waals surface area contributed by atoms with Crippen molar-refractivity contribution in [3.63, 3.8) is 0 Å². The maximum absolute atomic E-state index is 12.0. The van der Waals surface area contributed by atoms with Crippen LogP contribution in [-0.4, -0.2) is 43.0 Å². The van der Waals surface area contributed by atoms with Crippen molar-refractivity contribution >= 4 is 6.09 Å².